The molecule has 0 aliphatic heterocycles. The van der Waals surface area contributed by atoms with Crippen LogP contribution in [0.5, 0.6) is 0 Å². The Balaban J connectivity index is 6.59. The van der Waals surface area contributed by atoms with Gasteiger partial charge in [0, 0.05) is 0 Å². The van der Waals surface area contributed by atoms with Gasteiger partial charge in [0.1, 0.15) is 0 Å². The fraction of sp³-hybridized carbons (Fsp3) is 1.00. The molecule has 0 aliphatic rings. The first kappa shape index (κ1) is 23.1. The largest absolute Gasteiger partial charge is 0.459 e. The first-order chi connectivity index (χ1) is 10.3. The molecule has 0 aromatic rings. The third kappa shape index (κ3) is 3.38. The van der Waals surface area contributed by atoms with Crippen molar-refractivity contribution in [2.75, 3.05) is 6.61 Å². The van der Waals surface area contributed by atoms with E-state index in [2.05, 4.69) is 4.74 Å². The molecule has 0 fully saturated rings. The molecule has 0 aromatic heterocycles. The first-order valence-corrected chi connectivity index (χ1v) is 5.91. The summed E-state index contributed by atoms with van der Waals surface area (Å²) in [7, 11) is 0. The normalized spacial score (nSPS) is 17.8. The average molecular weight is 392 g/mol. The van der Waals surface area contributed by atoms with Gasteiger partial charge in [-0.25, -0.2) is 8.78 Å². The number of ether oxygens (including phenoxy) is 1. The minimum absolute atomic E-state index is 0.203. The third-order valence-electron chi connectivity index (χ3n) is 2.78. The first-order valence-electron chi connectivity index (χ1n) is 5.91. The number of halogens is 13. The molecule has 0 heterocycles. The molecule has 24 heavy (non-hydrogen) atoms. The number of hydrogen-bond acceptors (Lipinski definition) is 1. The molecule has 0 radical (unpaired) electrons. The third-order valence-corrected chi connectivity index (χ3v) is 2.78. The lowest BCUT2D eigenvalue weighted by Crippen LogP contribution is -2.75. The predicted molar refractivity (Wildman–Crippen MR) is 51.7 cm³/mol. The lowest BCUT2D eigenvalue weighted by molar-refractivity contribution is -0.480. The molecule has 0 saturated heterocycles. The molecule has 1 nitrogen and oxygen atoms in total. The van der Waals surface area contributed by atoms with E-state index in [4.69, 9.17) is 0 Å². The van der Waals surface area contributed by atoms with E-state index in [-0.39, 0.29) is 6.42 Å². The summed E-state index contributed by atoms with van der Waals surface area (Å²) in [6.45, 7) is -0.585. The topological polar surface area (TPSA) is 9.23 Å². The zero-order valence-corrected chi connectivity index (χ0v) is 11.4. The molecule has 0 bridgehead atoms. The number of hydrogen-bond donors (Lipinski definition) is 0. The van der Waals surface area contributed by atoms with Crippen LogP contribution >= 0.6 is 0 Å². The van der Waals surface area contributed by atoms with Crippen molar-refractivity contribution in [2.45, 2.75) is 55.7 Å². The van der Waals surface area contributed by atoms with Crippen LogP contribution in [0.1, 0.15) is 19.8 Å². The number of rotatable bonds is 6. The molecule has 1 unspecified atom stereocenters. The van der Waals surface area contributed by atoms with Crippen LogP contribution in [-0.4, -0.2) is 42.6 Å². The minimum Gasteiger partial charge on any atom is -0.338 e. The summed E-state index contributed by atoms with van der Waals surface area (Å²) in [6.07, 6.45) is -23.3. The quantitative estimate of drug-likeness (QED) is 0.429. The lowest BCUT2D eigenvalue weighted by atomic mass is 9.88. The minimum atomic E-state index is -7.64. The summed E-state index contributed by atoms with van der Waals surface area (Å²) in [6, 6.07) is 0. The highest BCUT2D eigenvalue weighted by molar-refractivity contribution is 5.13. The predicted octanol–water partition coefficient (Wildman–Crippen LogP) is 5.50. The smallest absolute Gasteiger partial charge is 0.338 e. The van der Waals surface area contributed by atoms with Crippen LogP contribution in [0.15, 0.2) is 0 Å². The number of alkyl halides is 13. The van der Waals surface area contributed by atoms with E-state index in [0.29, 0.717) is 0 Å². The van der Waals surface area contributed by atoms with Crippen LogP contribution in [0.25, 0.3) is 0 Å². The van der Waals surface area contributed by atoms with E-state index in [1.54, 1.807) is 0 Å². The van der Waals surface area contributed by atoms with Crippen molar-refractivity contribution < 1.29 is 61.8 Å². The Kier molecular flexibility index (Phi) is 6.15. The Morgan fingerprint density at radius 2 is 1.00 bits per heavy atom. The van der Waals surface area contributed by atoms with Crippen molar-refractivity contribution in [2.24, 2.45) is 0 Å². The molecule has 0 N–H and O–H groups in total. The van der Waals surface area contributed by atoms with Gasteiger partial charge in [-0.1, -0.05) is 13.3 Å². The molecule has 14 heteroatoms. The second kappa shape index (κ2) is 6.41. The van der Waals surface area contributed by atoms with Gasteiger partial charge in [0.25, 0.3) is 0 Å². The summed E-state index contributed by atoms with van der Waals surface area (Å²) in [5.41, 5.74) is -7.64. The van der Waals surface area contributed by atoms with Gasteiger partial charge in [-0.3, -0.25) is 0 Å². The van der Waals surface area contributed by atoms with Crippen molar-refractivity contribution in [1.29, 1.82) is 0 Å². The molecular formula is C10H9F13O. The van der Waals surface area contributed by atoms with Crippen LogP contribution in [-0.2, 0) is 4.74 Å². The van der Waals surface area contributed by atoms with Gasteiger partial charge in [-0.15, -0.1) is 0 Å². The summed E-state index contributed by atoms with van der Waals surface area (Å²) in [5.74, 6) is -14.6. The SMILES string of the molecule is CCCCOC(F)(C(F)(F)C(F)(F)F)C(F)(C(F)(F)F)C(F)(F)F. The number of unbranched alkanes of at least 4 members (excludes halogenated alkanes) is 1. The summed E-state index contributed by atoms with van der Waals surface area (Å²) in [4.78, 5) is 0. The fourth-order valence-electron chi connectivity index (χ4n) is 1.47. The van der Waals surface area contributed by atoms with Crippen molar-refractivity contribution in [1.82, 2.24) is 0 Å². The Hall–Kier alpha value is -0.950. The molecule has 146 valence electrons. The van der Waals surface area contributed by atoms with Gasteiger partial charge in [0.2, 0.25) is 0 Å². The highest BCUT2D eigenvalue weighted by Crippen LogP contribution is 2.61. The Labute approximate surface area is 125 Å². The molecule has 0 saturated carbocycles. The molecule has 0 rings (SSSR count). The van der Waals surface area contributed by atoms with E-state index >= 15 is 0 Å². The molecule has 0 spiro atoms. The van der Waals surface area contributed by atoms with Crippen molar-refractivity contribution in [3.8, 4) is 0 Å². The summed E-state index contributed by atoms with van der Waals surface area (Å²) < 4.78 is 168. The van der Waals surface area contributed by atoms with Crippen molar-refractivity contribution in [3.63, 3.8) is 0 Å². The van der Waals surface area contributed by atoms with Crippen molar-refractivity contribution in [3.05, 3.63) is 0 Å². The van der Waals surface area contributed by atoms with Gasteiger partial charge in [-0.05, 0) is 6.42 Å². The van der Waals surface area contributed by atoms with Gasteiger partial charge in [-0.2, -0.15) is 48.3 Å². The van der Waals surface area contributed by atoms with E-state index in [0.717, 1.165) is 0 Å². The van der Waals surface area contributed by atoms with E-state index < -0.39 is 49.0 Å². The molecule has 0 aromatic carbocycles. The maximum absolute atomic E-state index is 13.9. The average Bonchev–Trinajstić information content (AvgIpc) is 2.33. The van der Waals surface area contributed by atoms with Gasteiger partial charge < -0.3 is 4.74 Å². The molecular weight excluding hydrogens is 383 g/mol. The Morgan fingerprint density at radius 3 is 1.25 bits per heavy atom. The molecule has 0 amide bonds. The van der Waals surface area contributed by atoms with E-state index in [1.165, 1.54) is 6.92 Å². The van der Waals surface area contributed by atoms with Crippen LogP contribution in [0, 0.1) is 0 Å². The van der Waals surface area contributed by atoms with Gasteiger partial charge in [0.05, 0.1) is 6.61 Å². The van der Waals surface area contributed by atoms with Gasteiger partial charge >= 0.3 is 36.0 Å². The summed E-state index contributed by atoms with van der Waals surface area (Å²) >= 11 is 0. The lowest BCUT2D eigenvalue weighted by Gasteiger charge is -2.44. The van der Waals surface area contributed by atoms with Crippen LogP contribution < -0.4 is 0 Å². The zero-order valence-electron chi connectivity index (χ0n) is 11.4. The fourth-order valence-corrected chi connectivity index (χ4v) is 1.47. The second-order valence-corrected chi connectivity index (χ2v) is 4.52. The molecule has 1 atom stereocenters. The standard InChI is InChI=1S/C10H9F13O/c1-2-3-4-24-7(14,6(12,13)10(21,22)23)5(11,8(15,16)17)9(18,19)20/h2-4H2,1H3. The summed E-state index contributed by atoms with van der Waals surface area (Å²) in [5, 5.41) is 0. The highest BCUT2D eigenvalue weighted by atomic mass is 19.4. The zero-order chi connectivity index (χ0) is 19.8. The second-order valence-electron chi connectivity index (χ2n) is 4.52. The Morgan fingerprint density at radius 1 is 0.625 bits per heavy atom. The maximum Gasteiger partial charge on any atom is 0.459 e. The van der Waals surface area contributed by atoms with Crippen molar-refractivity contribution >= 4 is 0 Å². The van der Waals surface area contributed by atoms with Gasteiger partial charge in [0.15, 0.2) is 0 Å². The van der Waals surface area contributed by atoms with E-state index in [9.17, 15) is 57.1 Å². The maximum atomic E-state index is 13.9. The molecule has 0 aliphatic carbocycles. The Bertz CT molecular complexity index is 406. The van der Waals surface area contributed by atoms with E-state index in [1.807, 2.05) is 0 Å². The monoisotopic (exact) mass is 392 g/mol. The highest BCUT2D eigenvalue weighted by Gasteiger charge is 2.93. The van der Waals surface area contributed by atoms with Crippen LogP contribution in [0.2, 0.25) is 0 Å². The van der Waals surface area contributed by atoms with Crippen LogP contribution in [0.3, 0.4) is 0 Å². The van der Waals surface area contributed by atoms with Crippen LogP contribution in [0.4, 0.5) is 57.1 Å².